The Hall–Kier alpha value is -2.73. The van der Waals surface area contributed by atoms with Crippen molar-refractivity contribution in [3.05, 3.63) is 72.0 Å². The number of allylic oxidation sites excluding steroid dienone is 1. The van der Waals surface area contributed by atoms with Crippen LogP contribution >= 0.6 is 0 Å². The number of aromatic nitrogens is 4. The zero-order valence-electron chi connectivity index (χ0n) is 14.5. The van der Waals surface area contributed by atoms with Crippen molar-refractivity contribution in [2.24, 2.45) is 0 Å². The first-order chi connectivity index (χ1) is 12.1. The molecule has 0 aliphatic carbocycles. The number of nitrogens with zero attached hydrogens (tertiary/aromatic N) is 4. The highest BCUT2D eigenvalue weighted by Gasteiger charge is 2.12. The molecule has 0 saturated carbocycles. The maximum absolute atomic E-state index is 13.1. The first-order valence-electron chi connectivity index (χ1n) is 8.17. The number of nitrogens with one attached hydrogen (secondary N) is 1. The van der Waals surface area contributed by atoms with E-state index >= 15 is 0 Å². The van der Waals surface area contributed by atoms with Crippen LogP contribution in [0.5, 0.6) is 0 Å². The molecular weight excluding hydrogens is 317 g/mol. The number of rotatable bonds is 7. The predicted octanol–water partition coefficient (Wildman–Crippen LogP) is 3.54. The zero-order chi connectivity index (χ0) is 17.8. The lowest BCUT2D eigenvalue weighted by Crippen LogP contribution is -2.17. The van der Waals surface area contributed by atoms with Crippen molar-refractivity contribution in [2.75, 3.05) is 7.05 Å². The van der Waals surface area contributed by atoms with E-state index in [-0.39, 0.29) is 5.82 Å². The van der Waals surface area contributed by atoms with Gasteiger partial charge in [-0.1, -0.05) is 6.08 Å². The van der Waals surface area contributed by atoms with Crippen molar-refractivity contribution >= 4 is 0 Å². The van der Waals surface area contributed by atoms with Crippen LogP contribution < -0.4 is 0 Å². The predicted molar refractivity (Wildman–Crippen MR) is 96.3 cm³/mol. The first kappa shape index (κ1) is 17.1. The number of hydrogen-bond acceptors (Lipinski definition) is 3. The molecular formula is C19H22FN5. The number of halogens is 1. The summed E-state index contributed by atoms with van der Waals surface area (Å²) in [6.07, 6.45) is 5.72. The van der Waals surface area contributed by atoms with E-state index in [0.717, 1.165) is 35.6 Å². The van der Waals surface area contributed by atoms with Crippen LogP contribution in [0.25, 0.3) is 11.3 Å². The van der Waals surface area contributed by atoms with Crippen molar-refractivity contribution in [3.63, 3.8) is 0 Å². The molecule has 6 heteroatoms. The molecule has 130 valence electrons. The zero-order valence-corrected chi connectivity index (χ0v) is 14.5. The molecule has 0 saturated heterocycles. The Balaban J connectivity index is 1.71. The Morgan fingerprint density at radius 2 is 1.96 bits per heavy atom. The van der Waals surface area contributed by atoms with E-state index in [1.54, 1.807) is 12.1 Å². The summed E-state index contributed by atoms with van der Waals surface area (Å²) in [4.78, 5) is 2.21. The van der Waals surface area contributed by atoms with E-state index in [0.29, 0.717) is 6.54 Å². The molecule has 0 atom stereocenters. The quantitative estimate of drug-likeness (QED) is 0.670. The average Bonchev–Trinajstić information content (AvgIpc) is 3.16. The van der Waals surface area contributed by atoms with Gasteiger partial charge in [-0.3, -0.25) is 14.7 Å². The monoisotopic (exact) mass is 339 g/mol. The Labute approximate surface area is 146 Å². The molecule has 0 spiro atoms. The smallest absolute Gasteiger partial charge is 0.123 e. The van der Waals surface area contributed by atoms with Crippen LogP contribution in [0.15, 0.2) is 49.3 Å². The summed E-state index contributed by atoms with van der Waals surface area (Å²) in [6.45, 7) is 7.99. The van der Waals surface area contributed by atoms with Crippen LogP contribution in [0.1, 0.15) is 16.8 Å². The number of aromatic amines is 1. The fourth-order valence-electron chi connectivity index (χ4n) is 2.88. The minimum absolute atomic E-state index is 0.242. The van der Waals surface area contributed by atoms with Crippen molar-refractivity contribution in [2.45, 2.75) is 26.6 Å². The van der Waals surface area contributed by atoms with E-state index in [4.69, 9.17) is 0 Å². The van der Waals surface area contributed by atoms with Gasteiger partial charge in [0, 0.05) is 36.0 Å². The number of aryl methyl sites for hydroxylation is 1. The van der Waals surface area contributed by atoms with Crippen LogP contribution in [0.2, 0.25) is 0 Å². The van der Waals surface area contributed by atoms with E-state index in [1.165, 1.54) is 17.7 Å². The normalized spacial score (nSPS) is 11.2. The van der Waals surface area contributed by atoms with Gasteiger partial charge in [0.15, 0.2) is 0 Å². The molecule has 0 fully saturated rings. The molecule has 0 aliphatic rings. The average molecular weight is 339 g/mol. The molecule has 0 radical (unpaired) electrons. The van der Waals surface area contributed by atoms with Gasteiger partial charge in [0.1, 0.15) is 5.82 Å². The molecule has 3 rings (SSSR count). The van der Waals surface area contributed by atoms with Crippen LogP contribution in [0, 0.1) is 12.7 Å². The van der Waals surface area contributed by atoms with Crippen LogP contribution in [-0.4, -0.2) is 31.9 Å². The van der Waals surface area contributed by atoms with Crippen LogP contribution in [-0.2, 0) is 19.6 Å². The molecule has 3 aromatic rings. The van der Waals surface area contributed by atoms with Gasteiger partial charge < -0.3 is 0 Å². The first-order valence-corrected chi connectivity index (χ1v) is 8.17. The third-order valence-electron chi connectivity index (χ3n) is 4.10. The topological polar surface area (TPSA) is 49.7 Å². The molecule has 5 nitrogen and oxygen atoms in total. The summed E-state index contributed by atoms with van der Waals surface area (Å²) >= 11 is 0. The highest BCUT2D eigenvalue weighted by atomic mass is 19.1. The maximum atomic E-state index is 13.1. The number of H-pyrrole nitrogens is 1. The van der Waals surface area contributed by atoms with Crippen LogP contribution in [0.3, 0.4) is 0 Å². The maximum Gasteiger partial charge on any atom is 0.123 e. The summed E-state index contributed by atoms with van der Waals surface area (Å²) in [7, 11) is 2.06. The standard InChI is InChI=1S/C19H22FN5/c1-4-9-25-13-17(14(2)23-25)12-24(3)11-16-10-21-22-19(16)15-5-7-18(20)8-6-15/h4-8,10,13H,1,9,11-12H2,2-3H3,(H,21,22). The fraction of sp³-hybridized carbons (Fsp3) is 0.263. The Morgan fingerprint density at radius 3 is 2.68 bits per heavy atom. The fourth-order valence-corrected chi connectivity index (χ4v) is 2.88. The summed E-state index contributed by atoms with van der Waals surface area (Å²) in [5, 5.41) is 11.7. The van der Waals surface area contributed by atoms with Gasteiger partial charge in [-0.25, -0.2) is 4.39 Å². The lowest BCUT2D eigenvalue weighted by atomic mass is 10.1. The second kappa shape index (κ2) is 7.44. The van der Waals surface area contributed by atoms with Crippen molar-refractivity contribution in [1.82, 2.24) is 24.9 Å². The molecule has 0 aliphatic heterocycles. The van der Waals surface area contributed by atoms with Gasteiger partial charge in [0.2, 0.25) is 0 Å². The minimum atomic E-state index is -0.242. The Kier molecular flexibility index (Phi) is 5.09. The largest absolute Gasteiger partial charge is 0.298 e. The van der Waals surface area contributed by atoms with Crippen LogP contribution in [0.4, 0.5) is 4.39 Å². The second-order valence-corrected chi connectivity index (χ2v) is 6.20. The molecule has 2 heterocycles. The molecule has 1 aromatic carbocycles. The van der Waals surface area contributed by atoms with Gasteiger partial charge in [0.25, 0.3) is 0 Å². The minimum Gasteiger partial charge on any atom is -0.298 e. The molecule has 0 unspecified atom stereocenters. The SMILES string of the molecule is C=CCn1cc(CN(C)Cc2cn[nH]c2-c2ccc(F)cc2)c(C)n1. The summed E-state index contributed by atoms with van der Waals surface area (Å²) < 4.78 is 15.0. The molecule has 1 N–H and O–H groups in total. The second-order valence-electron chi connectivity index (χ2n) is 6.20. The summed E-state index contributed by atoms with van der Waals surface area (Å²) in [5.41, 5.74) is 5.14. The molecule has 0 bridgehead atoms. The van der Waals surface area contributed by atoms with E-state index in [9.17, 15) is 4.39 Å². The lowest BCUT2D eigenvalue weighted by Gasteiger charge is -2.16. The summed E-state index contributed by atoms with van der Waals surface area (Å²) in [5.74, 6) is -0.242. The van der Waals surface area contributed by atoms with Gasteiger partial charge >= 0.3 is 0 Å². The Morgan fingerprint density at radius 1 is 1.24 bits per heavy atom. The van der Waals surface area contributed by atoms with E-state index in [2.05, 4.69) is 40.0 Å². The van der Waals surface area contributed by atoms with Crippen molar-refractivity contribution < 1.29 is 4.39 Å². The highest BCUT2D eigenvalue weighted by Crippen LogP contribution is 2.23. The van der Waals surface area contributed by atoms with Crippen molar-refractivity contribution in [1.29, 1.82) is 0 Å². The third kappa shape index (κ3) is 4.03. The highest BCUT2D eigenvalue weighted by molar-refractivity contribution is 5.62. The molecule has 25 heavy (non-hydrogen) atoms. The molecule has 2 aromatic heterocycles. The summed E-state index contributed by atoms with van der Waals surface area (Å²) in [6, 6.07) is 6.44. The van der Waals surface area contributed by atoms with E-state index in [1.807, 2.05) is 23.9 Å². The van der Waals surface area contributed by atoms with Gasteiger partial charge in [-0.05, 0) is 38.2 Å². The van der Waals surface area contributed by atoms with Gasteiger partial charge in [-0.2, -0.15) is 10.2 Å². The van der Waals surface area contributed by atoms with Crippen molar-refractivity contribution in [3.8, 4) is 11.3 Å². The third-order valence-corrected chi connectivity index (χ3v) is 4.10. The molecule has 0 amide bonds. The van der Waals surface area contributed by atoms with Gasteiger partial charge in [0.05, 0.1) is 24.1 Å². The van der Waals surface area contributed by atoms with E-state index < -0.39 is 0 Å². The Bertz CT molecular complexity index is 847. The van der Waals surface area contributed by atoms with Gasteiger partial charge in [-0.15, -0.1) is 6.58 Å². The lowest BCUT2D eigenvalue weighted by molar-refractivity contribution is 0.319. The number of benzene rings is 1. The number of hydrogen-bond donors (Lipinski definition) is 1.